The first-order valence-corrected chi connectivity index (χ1v) is 9.36. The van der Waals surface area contributed by atoms with Gasteiger partial charge in [-0.2, -0.15) is 4.68 Å². The zero-order chi connectivity index (χ0) is 21.1. The number of nitrogens with one attached hydrogen (secondary N) is 2. The Morgan fingerprint density at radius 3 is 2.70 bits per heavy atom. The summed E-state index contributed by atoms with van der Waals surface area (Å²) in [6.45, 7) is 5.97. The van der Waals surface area contributed by atoms with E-state index in [0.29, 0.717) is 17.8 Å². The minimum atomic E-state index is -0.457. The molecule has 2 aromatic heterocycles. The lowest BCUT2D eigenvalue weighted by atomic mass is 10.1. The van der Waals surface area contributed by atoms with Gasteiger partial charge in [-0.05, 0) is 39.1 Å². The van der Waals surface area contributed by atoms with E-state index in [4.69, 9.17) is 5.73 Å². The molecule has 0 saturated heterocycles. The molecular formula is C20H20N8O2. The van der Waals surface area contributed by atoms with Crippen LogP contribution in [0.25, 0.3) is 22.3 Å². The van der Waals surface area contributed by atoms with Gasteiger partial charge in [0, 0.05) is 0 Å². The third kappa shape index (κ3) is 3.58. The molecule has 4 aromatic rings. The average Bonchev–Trinajstić information content (AvgIpc) is 3.37. The Bertz CT molecular complexity index is 1230. The van der Waals surface area contributed by atoms with Gasteiger partial charge < -0.3 is 5.73 Å². The quantitative estimate of drug-likeness (QED) is 0.399. The molecule has 0 atom stereocenters. The van der Waals surface area contributed by atoms with Crippen LogP contribution in [-0.2, 0) is 6.42 Å². The monoisotopic (exact) mass is 404 g/mol. The van der Waals surface area contributed by atoms with E-state index in [1.54, 1.807) is 0 Å². The van der Waals surface area contributed by atoms with Crippen molar-refractivity contribution in [1.29, 1.82) is 0 Å². The highest BCUT2D eigenvalue weighted by atomic mass is 16.6. The number of nitrogen functional groups attached to an aromatic ring is 1. The Morgan fingerprint density at radius 2 is 1.97 bits per heavy atom. The smallest absolute Gasteiger partial charge is 0.292 e. The van der Waals surface area contributed by atoms with Gasteiger partial charge in [-0.1, -0.05) is 61.5 Å². The maximum atomic E-state index is 12.7. The number of amides is 1. The van der Waals surface area contributed by atoms with Crippen LogP contribution in [0.2, 0.25) is 0 Å². The van der Waals surface area contributed by atoms with Crippen molar-refractivity contribution in [2.45, 2.75) is 19.8 Å². The fraction of sp³-hybridized carbons (Fsp3) is 0.150. The zero-order valence-corrected chi connectivity index (χ0v) is 16.3. The lowest BCUT2D eigenvalue weighted by Crippen LogP contribution is -2.36. The van der Waals surface area contributed by atoms with Crippen molar-refractivity contribution < 1.29 is 9.42 Å². The van der Waals surface area contributed by atoms with Gasteiger partial charge in [0.25, 0.3) is 5.91 Å². The van der Waals surface area contributed by atoms with Crippen LogP contribution >= 0.6 is 0 Å². The summed E-state index contributed by atoms with van der Waals surface area (Å²) >= 11 is 0. The standard InChI is InChI=1S/C20H20N8O2/c1-3-6-16-17(23-27-28(16)19-18(21)25-30-26-19)20(29)24-22-12(2)14-10-9-13-7-4-5-8-15(13)11-14/h4-5,7-11,22H,2-3,6H2,1H3,(H2,21,25)(H,24,29). The topological polar surface area (TPSA) is 137 Å². The number of rotatable bonds is 7. The molecule has 4 N–H and O–H groups in total. The second-order valence-electron chi connectivity index (χ2n) is 6.64. The van der Waals surface area contributed by atoms with Crippen LogP contribution in [-0.4, -0.2) is 31.2 Å². The number of hydrogen-bond donors (Lipinski definition) is 3. The number of hydrogen-bond acceptors (Lipinski definition) is 8. The molecule has 0 spiro atoms. The Hall–Kier alpha value is -4.21. The highest BCUT2D eigenvalue weighted by Crippen LogP contribution is 2.19. The van der Waals surface area contributed by atoms with Crippen LogP contribution in [0.1, 0.15) is 35.1 Å². The van der Waals surface area contributed by atoms with Gasteiger partial charge in [0.05, 0.1) is 11.4 Å². The van der Waals surface area contributed by atoms with Gasteiger partial charge in [-0.15, -0.1) is 5.10 Å². The summed E-state index contributed by atoms with van der Waals surface area (Å²) in [6.07, 6.45) is 1.30. The number of aromatic nitrogens is 5. The van der Waals surface area contributed by atoms with E-state index in [1.807, 2.05) is 49.4 Å². The number of nitrogens with zero attached hydrogens (tertiary/aromatic N) is 5. The number of nitrogens with two attached hydrogens (primary N) is 1. The Balaban J connectivity index is 1.51. The summed E-state index contributed by atoms with van der Waals surface area (Å²) in [5.74, 6) is -0.202. The van der Waals surface area contributed by atoms with Gasteiger partial charge in [0.1, 0.15) is 0 Å². The lowest BCUT2D eigenvalue weighted by Gasteiger charge is -2.12. The van der Waals surface area contributed by atoms with Gasteiger partial charge in [-0.25, -0.2) is 4.63 Å². The number of benzene rings is 2. The first kappa shape index (κ1) is 19.1. The third-order valence-electron chi connectivity index (χ3n) is 4.59. The molecule has 4 rings (SSSR count). The van der Waals surface area contributed by atoms with Gasteiger partial charge >= 0.3 is 0 Å². The van der Waals surface area contributed by atoms with Crippen molar-refractivity contribution in [1.82, 2.24) is 36.2 Å². The Labute approximate surface area is 171 Å². The van der Waals surface area contributed by atoms with Crippen LogP contribution in [0.3, 0.4) is 0 Å². The largest absolute Gasteiger partial charge is 0.378 e. The summed E-state index contributed by atoms with van der Waals surface area (Å²) in [5.41, 5.74) is 13.3. The second-order valence-corrected chi connectivity index (χ2v) is 6.64. The molecule has 30 heavy (non-hydrogen) atoms. The Kier molecular flexibility index (Phi) is 5.12. The van der Waals surface area contributed by atoms with Crippen molar-refractivity contribution >= 4 is 28.2 Å². The normalized spacial score (nSPS) is 10.8. The molecule has 0 aliphatic carbocycles. The molecule has 10 heteroatoms. The molecule has 2 aromatic carbocycles. The fourth-order valence-electron chi connectivity index (χ4n) is 3.09. The summed E-state index contributed by atoms with van der Waals surface area (Å²) in [5, 5.41) is 17.5. The van der Waals surface area contributed by atoms with Gasteiger partial charge in [0.15, 0.2) is 5.69 Å². The second kappa shape index (κ2) is 8.03. The molecule has 2 heterocycles. The van der Waals surface area contributed by atoms with E-state index >= 15 is 0 Å². The predicted molar refractivity (Wildman–Crippen MR) is 111 cm³/mol. The van der Waals surface area contributed by atoms with Crippen LogP contribution < -0.4 is 16.6 Å². The zero-order valence-electron chi connectivity index (χ0n) is 16.3. The molecular weight excluding hydrogens is 384 g/mol. The van der Waals surface area contributed by atoms with E-state index in [2.05, 4.69) is 42.7 Å². The molecule has 0 aliphatic rings. The molecule has 0 radical (unpaired) electrons. The molecule has 0 saturated carbocycles. The molecule has 0 fully saturated rings. The molecule has 10 nitrogen and oxygen atoms in total. The number of carbonyl (C=O) groups excluding carboxylic acids is 1. The van der Waals surface area contributed by atoms with E-state index < -0.39 is 5.91 Å². The summed E-state index contributed by atoms with van der Waals surface area (Å²) < 4.78 is 5.99. The van der Waals surface area contributed by atoms with E-state index in [1.165, 1.54) is 4.68 Å². The van der Waals surface area contributed by atoms with Crippen molar-refractivity contribution in [2.75, 3.05) is 5.73 Å². The van der Waals surface area contributed by atoms with E-state index in [0.717, 1.165) is 22.8 Å². The molecule has 0 aliphatic heterocycles. The number of anilines is 1. The summed E-state index contributed by atoms with van der Waals surface area (Å²) in [7, 11) is 0. The molecule has 152 valence electrons. The highest BCUT2D eigenvalue weighted by molar-refractivity contribution is 5.94. The van der Waals surface area contributed by atoms with Crippen molar-refractivity contribution in [3.63, 3.8) is 0 Å². The Morgan fingerprint density at radius 1 is 1.17 bits per heavy atom. The maximum absolute atomic E-state index is 12.7. The highest BCUT2D eigenvalue weighted by Gasteiger charge is 2.23. The van der Waals surface area contributed by atoms with Crippen molar-refractivity contribution in [2.24, 2.45) is 0 Å². The lowest BCUT2D eigenvalue weighted by molar-refractivity contribution is 0.0936. The summed E-state index contributed by atoms with van der Waals surface area (Å²) in [4.78, 5) is 12.7. The van der Waals surface area contributed by atoms with Gasteiger partial charge in [0.2, 0.25) is 11.6 Å². The minimum Gasteiger partial charge on any atom is -0.378 e. The van der Waals surface area contributed by atoms with E-state index in [-0.39, 0.29) is 17.3 Å². The van der Waals surface area contributed by atoms with Crippen LogP contribution in [0, 0.1) is 0 Å². The third-order valence-corrected chi connectivity index (χ3v) is 4.59. The van der Waals surface area contributed by atoms with Crippen molar-refractivity contribution in [3.05, 3.63) is 66.0 Å². The first-order chi connectivity index (χ1) is 14.6. The summed E-state index contributed by atoms with van der Waals surface area (Å²) in [6, 6.07) is 13.9. The first-order valence-electron chi connectivity index (χ1n) is 9.36. The molecule has 0 unspecified atom stereocenters. The van der Waals surface area contributed by atoms with Gasteiger partial charge in [-0.3, -0.25) is 15.6 Å². The number of carbonyl (C=O) groups is 1. The van der Waals surface area contributed by atoms with Crippen LogP contribution in [0.5, 0.6) is 0 Å². The average molecular weight is 404 g/mol. The fourth-order valence-corrected chi connectivity index (χ4v) is 3.09. The molecule has 1 amide bonds. The number of hydrazine groups is 1. The van der Waals surface area contributed by atoms with Crippen LogP contribution in [0.15, 0.2) is 53.7 Å². The minimum absolute atomic E-state index is 0.0621. The predicted octanol–water partition coefficient (Wildman–Crippen LogP) is 2.24. The molecule has 0 bridgehead atoms. The van der Waals surface area contributed by atoms with Crippen LogP contribution in [0.4, 0.5) is 5.82 Å². The maximum Gasteiger partial charge on any atom is 0.292 e. The SMILES string of the molecule is C=C(NNC(=O)c1nnn(-c2nonc2N)c1CCC)c1ccc2ccccc2c1. The van der Waals surface area contributed by atoms with E-state index in [9.17, 15) is 4.79 Å². The van der Waals surface area contributed by atoms with Crippen molar-refractivity contribution in [3.8, 4) is 5.82 Å². The number of fused-ring (bicyclic) bond motifs is 1.